The first-order valence-electron chi connectivity index (χ1n) is 18.0. The van der Waals surface area contributed by atoms with Crippen LogP contribution in [0.2, 0.25) is 0 Å². The van der Waals surface area contributed by atoms with Gasteiger partial charge in [0.05, 0.1) is 51.8 Å². The molecule has 0 bridgehead atoms. The highest BCUT2D eigenvalue weighted by molar-refractivity contribution is 5.90. The third-order valence-electron chi connectivity index (χ3n) is 7.72. The number of esters is 1. The van der Waals surface area contributed by atoms with Gasteiger partial charge in [0.25, 0.3) is 0 Å². The Morgan fingerprint density at radius 2 is 0.886 bits per heavy atom. The third-order valence-corrected chi connectivity index (χ3v) is 7.72. The fourth-order valence-electron chi connectivity index (χ4n) is 5.08. The van der Waals surface area contributed by atoms with Gasteiger partial charge in [0, 0.05) is 6.07 Å². The van der Waals surface area contributed by atoms with Gasteiger partial charge in [0.2, 0.25) is 0 Å². The van der Waals surface area contributed by atoms with Crippen LogP contribution >= 0.6 is 0 Å². The van der Waals surface area contributed by atoms with Crippen molar-refractivity contribution in [2.45, 2.75) is 142 Å². The summed E-state index contributed by atoms with van der Waals surface area (Å²) in [5.41, 5.74) is 0.426. The van der Waals surface area contributed by atoms with E-state index in [9.17, 15) is 4.79 Å². The van der Waals surface area contributed by atoms with Crippen molar-refractivity contribution < 1.29 is 33.6 Å². The molecule has 0 heterocycles. The Balaban J connectivity index is 2.43. The van der Waals surface area contributed by atoms with Crippen molar-refractivity contribution in [1.29, 1.82) is 0 Å². The van der Waals surface area contributed by atoms with E-state index in [4.69, 9.17) is 28.8 Å². The first-order chi connectivity index (χ1) is 21.7. The number of aliphatic hydroxyl groups is 1. The molecule has 7 heteroatoms. The van der Waals surface area contributed by atoms with Gasteiger partial charge in [-0.25, -0.2) is 4.79 Å². The van der Waals surface area contributed by atoms with Crippen LogP contribution < -0.4 is 9.47 Å². The van der Waals surface area contributed by atoms with Gasteiger partial charge in [-0.05, 0) is 25.0 Å². The molecule has 0 amide bonds. The van der Waals surface area contributed by atoms with Gasteiger partial charge >= 0.3 is 5.97 Å². The van der Waals surface area contributed by atoms with Crippen LogP contribution in [0, 0.1) is 0 Å². The Morgan fingerprint density at radius 3 is 1.32 bits per heavy atom. The second-order valence-electron chi connectivity index (χ2n) is 11.8. The van der Waals surface area contributed by atoms with Crippen LogP contribution in [0.4, 0.5) is 0 Å². The number of carbonyl (C=O) groups is 1. The molecule has 44 heavy (non-hydrogen) atoms. The molecule has 0 saturated carbocycles. The normalized spacial score (nSPS) is 11.2. The maximum Gasteiger partial charge on any atom is 0.338 e. The predicted molar refractivity (Wildman–Crippen MR) is 180 cm³/mol. The van der Waals surface area contributed by atoms with Crippen molar-refractivity contribution in [3.63, 3.8) is 0 Å². The van der Waals surface area contributed by atoms with E-state index in [0.29, 0.717) is 50.1 Å². The monoisotopic (exact) mass is 622 g/mol. The second-order valence-corrected chi connectivity index (χ2v) is 11.8. The SMILES string of the molecule is CCCCCCCCCCCCOc1cc(OCCCCCCCCCCCC)cc(C(=O)OCCOCCOCCO)c1. The summed E-state index contributed by atoms with van der Waals surface area (Å²) >= 11 is 0. The number of unbranched alkanes of at least 4 members (excludes halogenated alkanes) is 18. The highest BCUT2D eigenvalue weighted by atomic mass is 16.6. The van der Waals surface area contributed by atoms with Gasteiger partial charge in [-0.15, -0.1) is 0 Å². The standard InChI is InChI=1S/C37H66O7/c1-3-5-7-9-11-13-15-17-19-21-24-42-35-31-34(37(39)44-30-29-41-28-27-40-26-23-38)32-36(33-35)43-25-22-20-18-16-14-12-10-8-6-4-2/h31-33,38H,3-30H2,1-2H3. The zero-order valence-corrected chi connectivity index (χ0v) is 28.4. The minimum Gasteiger partial charge on any atom is -0.493 e. The lowest BCUT2D eigenvalue weighted by molar-refractivity contribution is 0.00916. The molecule has 1 aromatic rings. The second kappa shape index (κ2) is 31.2. The molecule has 1 aromatic carbocycles. The maximum atomic E-state index is 12.8. The number of ether oxygens (including phenoxy) is 5. The molecule has 0 aliphatic carbocycles. The molecule has 0 radical (unpaired) electrons. The molecule has 0 atom stereocenters. The summed E-state index contributed by atoms with van der Waals surface area (Å²) in [6.07, 6.45) is 25.6. The van der Waals surface area contributed by atoms with Crippen LogP contribution in [0.3, 0.4) is 0 Å². The molecule has 0 fully saturated rings. The molecule has 0 aliphatic heterocycles. The summed E-state index contributed by atoms with van der Waals surface area (Å²) in [5.74, 6) is 0.870. The van der Waals surface area contributed by atoms with E-state index in [2.05, 4.69) is 13.8 Å². The summed E-state index contributed by atoms with van der Waals surface area (Å²) in [6, 6.07) is 5.38. The van der Waals surface area contributed by atoms with E-state index in [1.807, 2.05) is 6.07 Å². The van der Waals surface area contributed by atoms with Crippen molar-refractivity contribution >= 4 is 5.97 Å². The number of carbonyl (C=O) groups excluding carboxylic acids is 1. The predicted octanol–water partition coefficient (Wildman–Crippen LogP) is 9.47. The zero-order chi connectivity index (χ0) is 31.8. The lowest BCUT2D eigenvalue weighted by atomic mass is 10.1. The fourth-order valence-corrected chi connectivity index (χ4v) is 5.08. The summed E-state index contributed by atoms with van der Waals surface area (Å²) in [7, 11) is 0. The third kappa shape index (κ3) is 24.5. The number of benzene rings is 1. The Hall–Kier alpha value is -1.83. The largest absolute Gasteiger partial charge is 0.493 e. The molecular formula is C37H66O7. The van der Waals surface area contributed by atoms with Gasteiger partial charge in [-0.2, -0.15) is 0 Å². The molecule has 0 aromatic heterocycles. The molecule has 7 nitrogen and oxygen atoms in total. The average Bonchev–Trinajstić information content (AvgIpc) is 3.03. The minimum atomic E-state index is -0.418. The van der Waals surface area contributed by atoms with E-state index in [0.717, 1.165) is 25.7 Å². The minimum absolute atomic E-state index is 0.00932. The summed E-state index contributed by atoms with van der Waals surface area (Å²) in [4.78, 5) is 12.8. The van der Waals surface area contributed by atoms with Crippen LogP contribution in [0.1, 0.15) is 153 Å². The highest BCUT2D eigenvalue weighted by Crippen LogP contribution is 2.25. The van der Waals surface area contributed by atoms with Crippen LogP contribution in [0.15, 0.2) is 18.2 Å². The topological polar surface area (TPSA) is 83.5 Å². The molecule has 0 saturated heterocycles. The van der Waals surface area contributed by atoms with Crippen LogP contribution in [0.25, 0.3) is 0 Å². The van der Waals surface area contributed by atoms with Crippen molar-refractivity contribution in [1.82, 2.24) is 0 Å². The Kier molecular flexibility index (Phi) is 28.5. The summed E-state index contributed by atoms with van der Waals surface area (Å²) < 4.78 is 28.1. The zero-order valence-electron chi connectivity index (χ0n) is 28.4. The smallest absolute Gasteiger partial charge is 0.338 e. The van der Waals surface area contributed by atoms with Crippen molar-refractivity contribution in [2.24, 2.45) is 0 Å². The number of aliphatic hydroxyl groups excluding tert-OH is 1. The number of hydrogen-bond donors (Lipinski definition) is 1. The Labute approximate surface area is 269 Å². The Morgan fingerprint density at radius 1 is 0.500 bits per heavy atom. The molecule has 1 N–H and O–H groups in total. The van der Waals surface area contributed by atoms with Crippen LogP contribution in [-0.2, 0) is 14.2 Å². The van der Waals surface area contributed by atoms with Gasteiger partial charge in [0.1, 0.15) is 18.1 Å². The number of rotatable bonds is 33. The lowest BCUT2D eigenvalue weighted by Gasteiger charge is -2.13. The van der Waals surface area contributed by atoms with Crippen molar-refractivity contribution in [3.05, 3.63) is 23.8 Å². The van der Waals surface area contributed by atoms with Gasteiger partial charge in [-0.3, -0.25) is 0 Å². The van der Waals surface area contributed by atoms with Crippen molar-refractivity contribution in [3.8, 4) is 11.5 Å². The van der Waals surface area contributed by atoms with Crippen LogP contribution in [-0.4, -0.2) is 63.9 Å². The molecule has 0 aliphatic rings. The van der Waals surface area contributed by atoms with E-state index in [1.54, 1.807) is 12.1 Å². The first kappa shape index (κ1) is 40.2. The van der Waals surface area contributed by atoms with E-state index in [-0.39, 0.29) is 19.8 Å². The fraction of sp³-hybridized carbons (Fsp3) is 0.811. The molecule has 1 rings (SSSR count). The molecular weight excluding hydrogens is 556 g/mol. The van der Waals surface area contributed by atoms with E-state index >= 15 is 0 Å². The lowest BCUT2D eigenvalue weighted by Crippen LogP contribution is -2.14. The van der Waals surface area contributed by atoms with Gasteiger partial charge in [-0.1, -0.05) is 129 Å². The highest BCUT2D eigenvalue weighted by Gasteiger charge is 2.12. The van der Waals surface area contributed by atoms with Gasteiger partial charge < -0.3 is 28.8 Å². The van der Waals surface area contributed by atoms with Crippen molar-refractivity contribution in [2.75, 3.05) is 52.9 Å². The molecule has 0 spiro atoms. The Bertz CT molecular complexity index is 726. The average molecular weight is 623 g/mol. The first-order valence-corrected chi connectivity index (χ1v) is 18.0. The van der Waals surface area contributed by atoms with Gasteiger partial charge in [0.15, 0.2) is 0 Å². The molecule has 256 valence electrons. The van der Waals surface area contributed by atoms with E-state index in [1.165, 1.54) is 103 Å². The quantitative estimate of drug-likeness (QED) is 0.0617. The summed E-state index contributed by atoms with van der Waals surface area (Å²) in [5, 5.41) is 8.73. The maximum absolute atomic E-state index is 12.8. The summed E-state index contributed by atoms with van der Waals surface area (Å²) in [6.45, 7) is 7.26. The molecule has 0 unspecified atom stereocenters. The number of hydrogen-bond acceptors (Lipinski definition) is 7. The van der Waals surface area contributed by atoms with Crippen LogP contribution in [0.5, 0.6) is 11.5 Å². The van der Waals surface area contributed by atoms with E-state index < -0.39 is 5.97 Å².